The molecule has 1 aliphatic rings. The number of likely N-dealkylation sites (N-methyl/N-ethyl adjacent to an activating group) is 1. The van der Waals surface area contributed by atoms with Crippen LogP contribution in [0.1, 0.15) is 15.9 Å². The zero-order chi connectivity index (χ0) is 22.5. The Morgan fingerprint density at radius 2 is 1.91 bits per heavy atom. The summed E-state index contributed by atoms with van der Waals surface area (Å²) >= 11 is 1.29. The van der Waals surface area contributed by atoms with E-state index in [0.29, 0.717) is 28.2 Å². The molecule has 2 N–H and O–H groups in total. The molecule has 0 radical (unpaired) electrons. The van der Waals surface area contributed by atoms with Gasteiger partial charge in [0.15, 0.2) is 0 Å². The van der Waals surface area contributed by atoms with Crippen molar-refractivity contribution < 1.29 is 13.9 Å². The lowest BCUT2D eigenvalue weighted by Crippen LogP contribution is -2.45. The number of nitrogens with zero attached hydrogens (tertiary/aromatic N) is 4. The lowest BCUT2D eigenvalue weighted by atomic mass is 10.2. The number of ether oxygens (including phenoxy) is 1. The standard InChI is InChI=1S/C23H24FN5O2S/c1-28-9-11-29(12-10-28)23-26-14-20(22(27-23)31-15-16-5-3-2-4-6-16)32-17-7-8-19(24)18(13-17)21(25)30/h2-8,13-14H,9-12,15H2,1H3,(H2,25,30). The first-order chi connectivity index (χ1) is 15.5. The number of carbonyl (C=O) groups excluding carboxylic acids is 1. The Balaban J connectivity index is 1.61. The SMILES string of the molecule is CN1CCN(c2ncc(Sc3ccc(F)c(C(N)=O)c3)c(OCc3ccccc3)n2)CC1. The molecule has 3 aromatic rings. The van der Waals surface area contributed by atoms with Gasteiger partial charge >= 0.3 is 0 Å². The van der Waals surface area contributed by atoms with Crippen molar-refractivity contribution in [1.29, 1.82) is 0 Å². The van der Waals surface area contributed by atoms with Gasteiger partial charge in [-0.25, -0.2) is 9.37 Å². The van der Waals surface area contributed by atoms with Gasteiger partial charge < -0.3 is 20.3 Å². The van der Waals surface area contributed by atoms with Crippen LogP contribution in [0.4, 0.5) is 10.3 Å². The summed E-state index contributed by atoms with van der Waals surface area (Å²) in [4.78, 5) is 26.5. The summed E-state index contributed by atoms with van der Waals surface area (Å²) in [5, 5.41) is 0. The van der Waals surface area contributed by atoms with Crippen LogP contribution in [0.25, 0.3) is 0 Å². The zero-order valence-electron chi connectivity index (χ0n) is 17.7. The zero-order valence-corrected chi connectivity index (χ0v) is 18.5. The van der Waals surface area contributed by atoms with Gasteiger partial charge in [-0.2, -0.15) is 4.98 Å². The van der Waals surface area contributed by atoms with Crippen LogP contribution in [0.3, 0.4) is 0 Å². The van der Waals surface area contributed by atoms with E-state index in [1.54, 1.807) is 12.3 Å². The van der Waals surface area contributed by atoms with Crippen LogP contribution < -0.4 is 15.4 Å². The van der Waals surface area contributed by atoms with Crippen molar-refractivity contribution in [2.24, 2.45) is 5.73 Å². The van der Waals surface area contributed by atoms with E-state index in [4.69, 9.17) is 15.5 Å². The maximum Gasteiger partial charge on any atom is 0.251 e. The Kier molecular flexibility index (Phi) is 6.87. The fourth-order valence-corrected chi connectivity index (χ4v) is 4.15. The van der Waals surface area contributed by atoms with Gasteiger partial charge in [-0.1, -0.05) is 42.1 Å². The highest BCUT2D eigenvalue weighted by Crippen LogP contribution is 2.35. The number of piperazine rings is 1. The fourth-order valence-electron chi connectivity index (χ4n) is 3.29. The third kappa shape index (κ3) is 5.35. The van der Waals surface area contributed by atoms with Crippen molar-refractivity contribution in [3.05, 3.63) is 71.7 Å². The number of benzene rings is 2. The first kappa shape index (κ1) is 22.0. The number of hydrogen-bond acceptors (Lipinski definition) is 7. The Morgan fingerprint density at radius 3 is 2.62 bits per heavy atom. The Morgan fingerprint density at radius 1 is 1.16 bits per heavy atom. The minimum Gasteiger partial charge on any atom is -0.472 e. The summed E-state index contributed by atoms with van der Waals surface area (Å²) in [6.45, 7) is 3.89. The molecule has 1 fully saturated rings. The van der Waals surface area contributed by atoms with E-state index in [2.05, 4.69) is 21.8 Å². The normalized spacial score (nSPS) is 14.4. The van der Waals surface area contributed by atoms with E-state index in [-0.39, 0.29) is 5.56 Å². The van der Waals surface area contributed by atoms with Crippen LogP contribution in [-0.4, -0.2) is 54.0 Å². The van der Waals surface area contributed by atoms with E-state index in [0.717, 1.165) is 31.7 Å². The molecule has 0 aliphatic carbocycles. The molecule has 32 heavy (non-hydrogen) atoms. The molecular weight excluding hydrogens is 429 g/mol. The Bertz CT molecular complexity index is 1090. The van der Waals surface area contributed by atoms with Gasteiger partial charge in [0.2, 0.25) is 11.8 Å². The lowest BCUT2D eigenvalue weighted by molar-refractivity contribution is 0.0996. The van der Waals surface area contributed by atoms with Crippen molar-refractivity contribution in [2.75, 3.05) is 38.1 Å². The second-order valence-corrected chi connectivity index (χ2v) is 8.63. The van der Waals surface area contributed by atoms with E-state index >= 15 is 0 Å². The first-order valence-electron chi connectivity index (χ1n) is 10.2. The summed E-state index contributed by atoms with van der Waals surface area (Å²) in [7, 11) is 2.09. The number of carbonyl (C=O) groups is 1. The smallest absolute Gasteiger partial charge is 0.251 e. The minimum atomic E-state index is -0.813. The minimum absolute atomic E-state index is 0.156. The predicted octanol–water partition coefficient (Wildman–Crippen LogP) is 3.20. The molecular formula is C23H24FN5O2S. The average Bonchev–Trinajstić information content (AvgIpc) is 2.80. The highest BCUT2D eigenvalue weighted by atomic mass is 32.2. The number of primary amides is 1. The Labute approximate surface area is 190 Å². The molecule has 0 spiro atoms. The third-order valence-electron chi connectivity index (χ3n) is 5.15. The number of rotatable bonds is 7. The molecule has 1 aliphatic heterocycles. The molecule has 0 unspecified atom stereocenters. The van der Waals surface area contributed by atoms with Crippen LogP contribution >= 0.6 is 11.8 Å². The molecule has 0 bridgehead atoms. The lowest BCUT2D eigenvalue weighted by Gasteiger charge is -2.32. The average molecular weight is 454 g/mol. The van der Waals surface area contributed by atoms with Crippen LogP contribution in [-0.2, 0) is 6.61 Å². The Hall–Kier alpha value is -3.17. The maximum atomic E-state index is 13.9. The van der Waals surface area contributed by atoms with Crippen LogP contribution in [0.15, 0.2) is 64.5 Å². The number of amides is 1. The molecule has 0 saturated carbocycles. The van der Waals surface area contributed by atoms with Gasteiger partial charge in [-0.15, -0.1) is 0 Å². The van der Waals surface area contributed by atoms with Gasteiger partial charge in [0.25, 0.3) is 5.91 Å². The topological polar surface area (TPSA) is 84.6 Å². The van der Waals surface area contributed by atoms with E-state index < -0.39 is 11.7 Å². The largest absolute Gasteiger partial charge is 0.472 e. The predicted molar refractivity (Wildman–Crippen MR) is 122 cm³/mol. The number of nitrogens with two attached hydrogens (primary N) is 1. The van der Waals surface area contributed by atoms with Crippen LogP contribution in [0.5, 0.6) is 5.88 Å². The number of halogens is 1. The van der Waals surface area contributed by atoms with Crippen LogP contribution in [0.2, 0.25) is 0 Å². The van der Waals surface area contributed by atoms with Crippen molar-refractivity contribution in [3.63, 3.8) is 0 Å². The molecule has 0 atom stereocenters. The van der Waals surface area contributed by atoms with Gasteiger partial charge in [-0.05, 0) is 30.8 Å². The van der Waals surface area contributed by atoms with Crippen molar-refractivity contribution in [2.45, 2.75) is 16.4 Å². The molecule has 1 saturated heterocycles. The van der Waals surface area contributed by atoms with E-state index in [1.807, 2.05) is 30.3 Å². The summed E-state index contributed by atoms with van der Waals surface area (Å²) in [6.07, 6.45) is 1.71. The highest BCUT2D eigenvalue weighted by molar-refractivity contribution is 7.99. The molecule has 7 nitrogen and oxygen atoms in total. The number of aromatic nitrogens is 2. The van der Waals surface area contributed by atoms with Gasteiger partial charge in [0.05, 0.1) is 16.7 Å². The molecule has 1 aromatic heterocycles. The molecule has 1 amide bonds. The third-order valence-corrected chi connectivity index (χ3v) is 6.13. The van der Waals surface area contributed by atoms with Crippen molar-refractivity contribution in [1.82, 2.24) is 14.9 Å². The number of hydrogen-bond donors (Lipinski definition) is 1. The molecule has 2 heterocycles. The highest BCUT2D eigenvalue weighted by Gasteiger charge is 2.20. The quantitative estimate of drug-likeness (QED) is 0.588. The summed E-state index contributed by atoms with van der Waals surface area (Å²) in [5.41, 5.74) is 6.14. The monoisotopic (exact) mass is 453 g/mol. The van der Waals surface area contributed by atoms with Crippen LogP contribution in [0, 0.1) is 5.82 Å². The summed E-state index contributed by atoms with van der Waals surface area (Å²) in [6, 6.07) is 14.1. The molecule has 4 rings (SSSR count). The summed E-state index contributed by atoms with van der Waals surface area (Å²) < 4.78 is 19.9. The second-order valence-electron chi connectivity index (χ2n) is 7.51. The van der Waals surface area contributed by atoms with E-state index in [1.165, 1.54) is 23.9 Å². The summed E-state index contributed by atoms with van der Waals surface area (Å²) in [5.74, 6) is -0.411. The van der Waals surface area contributed by atoms with Crippen molar-refractivity contribution in [3.8, 4) is 5.88 Å². The molecule has 166 valence electrons. The fraction of sp³-hybridized carbons (Fsp3) is 0.261. The number of anilines is 1. The molecule has 9 heteroatoms. The first-order valence-corrected chi connectivity index (χ1v) is 11.1. The van der Waals surface area contributed by atoms with Gasteiger partial charge in [0, 0.05) is 31.1 Å². The van der Waals surface area contributed by atoms with Gasteiger partial charge in [-0.3, -0.25) is 4.79 Å². The maximum absolute atomic E-state index is 13.9. The van der Waals surface area contributed by atoms with Crippen molar-refractivity contribution >= 4 is 23.6 Å². The molecule has 2 aromatic carbocycles. The second kappa shape index (κ2) is 9.97. The van der Waals surface area contributed by atoms with E-state index in [9.17, 15) is 9.18 Å². The van der Waals surface area contributed by atoms with Gasteiger partial charge in [0.1, 0.15) is 12.4 Å².